The van der Waals surface area contributed by atoms with E-state index in [0.717, 1.165) is 11.4 Å². The summed E-state index contributed by atoms with van der Waals surface area (Å²) in [5.41, 5.74) is 7.29. The van der Waals surface area contributed by atoms with Gasteiger partial charge in [0.25, 0.3) is 0 Å². The fourth-order valence-electron chi connectivity index (χ4n) is 1.08. The molecule has 0 saturated heterocycles. The Morgan fingerprint density at radius 3 is 3.07 bits per heavy atom. The number of nitrogen functional groups attached to an aromatic ring is 1. The van der Waals surface area contributed by atoms with Crippen molar-refractivity contribution < 1.29 is 4.52 Å². The van der Waals surface area contributed by atoms with E-state index in [1.807, 2.05) is 6.07 Å². The fourth-order valence-corrected chi connectivity index (χ4v) is 1.08. The Hall–Kier alpha value is -2.04. The number of pyridine rings is 1. The molecule has 0 bridgehead atoms. The summed E-state index contributed by atoms with van der Waals surface area (Å²) in [6.45, 7) is 0.611. The van der Waals surface area contributed by atoms with Gasteiger partial charge in [0.15, 0.2) is 0 Å². The minimum absolute atomic E-state index is 0.496. The Bertz CT molecular complexity index is 399. The van der Waals surface area contributed by atoms with Crippen molar-refractivity contribution in [2.75, 3.05) is 11.1 Å². The van der Waals surface area contributed by atoms with Gasteiger partial charge in [0.1, 0.15) is 17.8 Å². The van der Waals surface area contributed by atoms with Crippen molar-refractivity contribution in [1.82, 2.24) is 10.1 Å². The van der Waals surface area contributed by atoms with E-state index in [1.165, 1.54) is 6.26 Å². The summed E-state index contributed by atoms with van der Waals surface area (Å²) < 4.78 is 4.70. The van der Waals surface area contributed by atoms with Crippen LogP contribution in [0.5, 0.6) is 0 Å². The molecule has 2 aromatic heterocycles. The highest BCUT2D eigenvalue weighted by molar-refractivity contribution is 5.49. The molecule has 0 saturated carbocycles. The van der Waals surface area contributed by atoms with Crippen LogP contribution in [0.25, 0.3) is 0 Å². The second-order valence-electron chi connectivity index (χ2n) is 2.81. The lowest BCUT2D eigenvalue weighted by Crippen LogP contribution is -2.00. The number of nitrogens with zero attached hydrogens (tertiary/aromatic N) is 2. The van der Waals surface area contributed by atoms with Crippen LogP contribution >= 0.6 is 0 Å². The van der Waals surface area contributed by atoms with Crippen molar-refractivity contribution in [2.24, 2.45) is 0 Å². The summed E-state index contributed by atoms with van der Waals surface area (Å²) in [5.74, 6) is 0.496. The smallest absolute Gasteiger partial charge is 0.125 e. The quantitative estimate of drug-likeness (QED) is 0.762. The number of hydrogen-bond donors (Lipinski definition) is 2. The molecule has 0 aliphatic heterocycles. The average Bonchev–Trinajstić information content (AvgIpc) is 2.67. The molecule has 2 aromatic rings. The van der Waals surface area contributed by atoms with E-state index >= 15 is 0 Å². The molecule has 0 radical (unpaired) electrons. The van der Waals surface area contributed by atoms with Gasteiger partial charge < -0.3 is 15.6 Å². The first-order valence-corrected chi connectivity index (χ1v) is 4.19. The van der Waals surface area contributed by atoms with Gasteiger partial charge in [0, 0.05) is 24.0 Å². The number of rotatable bonds is 3. The molecule has 0 unspecified atom stereocenters. The predicted octanol–water partition coefficient (Wildman–Crippen LogP) is 1.26. The average molecular weight is 190 g/mol. The second-order valence-corrected chi connectivity index (χ2v) is 2.81. The van der Waals surface area contributed by atoms with E-state index in [1.54, 1.807) is 18.3 Å². The molecular weight excluding hydrogens is 180 g/mol. The van der Waals surface area contributed by atoms with E-state index < -0.39 is 0 Å². The van der Waals surface area contributed by atoms with Crippen molar-refractivity contribution in [3.8, 4) is 0 Å². The van der Waals surface area contributed by atoms with Gasteiger partial charge in [0.05, 0.1) is 6.54 Å². The lowest BCUT2D eigenvalue weighted by molar-refractivity contribution is 0.412. The zero-order chi connectivity index (χ0) is 9.80. The third-order valence-electron chi connectivity index (χ3n) is 1.75. The van der Waals surface area contributed by atoms with Crippen molar-refractivity contribution in [3.63, 3.8) is 0 Å². The van der Waals surface area contributed by atoms with Gasteiger partial charge >= 0.3 is 0 Å². The molecule has 0 aliphatic carbocycles. The molecule has 5 heteroatoms. The largest absolute Gasteiger partial charge is 0.384 e. The molecule has 3 N–H and O–H groups in total. The zero-order valence-electron chi connectivity index (χ0n) is 7.47. The van der Waals surface area contributed by atoms with Crippen molar-refractivity contribution in [3.05, 3.63) is 36.4 Å². The van der Waals surface area contributed by atoms with Gasteiger partial charge in [-0.15, -0.1) is 0 Å². The van der Waals surface area contributed by atoms with Gasteiger partial charge in [-0.2, -0.15) is 0 Å². The molecule has 14 heavy (non-hydrogen) atoms. The molecule has 0 atom stereocenters. The summed E-state index contributed by atoms with van der Waals surface area (Å²) in [7, 11) is 0. The molecule has 0 fully saturated rings. The van der Waals surface area contributed by atoms with Crippen LogP contribution in [0.1, 0.15) is 5.69 Å². The van der Waals surface area contributed by atoms with Crippen LogP contribution in [0.15, 0.2) is 35.2 Å². The lowest BCUT2D eigenvalue weighted by atomic mass is 10.3. The van der Waals surface area contributed by atoms with Gasteiger partial charge in [0.2, 0.25) is 0 Å². The standard InChI is InChI=1S/C9H10N4O/c10-9-5-7(1-3-11-9)12-6-8-2-4-14-13-8/h1-5H,6H2,(H3,10,11,12). The summed E-state index contributed by atoms with van der Waals surface area (Å²) in [5, 5.41) is 6.91. The monoisotopic (exact) mass is 190 g/mol. The van der Waals surface area contributed by atoms with Gasteiger partial charge in [-0.25, -0.2) is 4.98 Å². The van der Waals surface area contributed by atoms with Crippen LogP contribution in [0, 0.1) is 0 Å². The molecule has 0 aromatic carbocycles. The van der Waals surface area contributed by atoms with E-state index in [9.17, 15) is 0 Å². The van der Waals surface area contributed by atoms with Crippen LogP contribution in [0.4, 0.5) is 11.5 Å². The molecule has 72 valence electrons. The summed E-state index contributed by atoms with van der Waals surface area (Å²) in [4.78, 5) is 3.89. The van der Waals surface area contributed by atoms with Crippen LogP contribution in [0.2, 0.25) is 0 Å². The maximum Gasteiger partial charge on any atom is 0.125 e. The highest BCUT2D eigenvalue weighted by atomic mass is 16.5. The molecule has 2 rings (SSSR count). The number of aromatic nitrogens is 2. The molecule has 0 aliphatic rings. The third kappa shape index (κ3) is 2.01. The number of anilines is 2. The van der Waals surface area contributed by atoms with E-state index in [4.69, 9.17) is 10.3 Å². The summed E-state index contributed by atoms with van der Waals surface area (Å²) >= 11 is 0. The van der Waals surface area contributed by atoms with Crippen molar-refractivity contribution in [1.29, 1.82) is 0 Å². The first kappa shape index (κ1) is 8.55. The van der Waals surface area contributed by atoms with Crippen molar-refractivity contribution >= 4 is 11.5 Å². The molecule has 0 spiro atoms. The lowest BCUT2D eigenvalue weighted by Gasteiger charge is -2.03. The Morgan fingerprint density at radius 1 is 1.43 bits per heavy atom. The van der Waals surface area contributed by atoms with E-state index in [2.05, 4.69) is 15.5 Å². The Kier molecular flexibility index (Phi) is 2.31. The first-order valence-electron chi connectivity index (χ1n) is 4.19. The van der Waals surface area contributed by atoms with E-state index in [0.29, 0.717) is 12.4 Å². The summed E-state index contributed by atoms with van der Waals surface area (Å²) in [6, 6.07) is 5.41. The molecule has 0 amide bonds. The first-order chi connectivity index (χ1) is 6.84. The maximum atomic E-state index is 5.52. The second kappa shape index (κ2) is 3.78. The number of hydrogen-bond acceptors (Lipinski definition) is 5. The van der Waals surface area contributed by atoms with Crippen LogP contribution in [-0.2, 0) is 6.54 Å². The Morgan fingerprint density at radius 2 is 2.36 bits per heavy atom. The molecule has 5 nitrogen and oxygen atoms in total. The van der Waals surface area contributed by atoms with Gasteiger partial charge in [-0.1, -0.05) is 5.16 Å². The maximum absolute atomic E-state index is 5.52. The normalized spacial score (nSPS) is 10.0. The summed E-state index contributed by atoms with van der Waals surface area (Å²) in [6.07, 6.45) is 3.19. The predicted molar refractivity (Wildman–Crippen MR) is 52.5 cm³/mol. The minimum Gasteiger partial charge on any atom is -0.384 e. The van der Waals surface area contributed by atoms with Crippen LogP contribution in [0.3, 0.4) is 0 Å². The fraction of sp³-hybridized carbons (Fsp3) is 0.111. The Balaban J connectivity index is 1.98. The van der Waals surface area contributed by atoms with E-state index in [-0.39, 0.29) is 0 Å². The van der Waals surface area contributed by atoms with Crippen LogP contribution in [-0.4, -0.2) is 10.1 Å². The van der Waals surface area contributed by atoms with Crippen LogP contribution < -0.4 is 11.1 Å². The number of nitrogens with one attached hydrogen (secondary N) is 1. The topological polar surface area (TPSA) is 77.0 Å². The number of nitrogens with two attached hydrogens (primary N) is 1. The van der Waals surface area contributed by atoms with Gasteiger partial charge in [-0.3, -0.25) is 0 Å². The minimum atomic E-state index is 0.496. The highest BCUT2D eigenvalue weighted by Crippen LogP contribution is 2.09. The van der Waals surface area contributed by atoms with Crippen molar-refractivity contribution in [2.45, 2.75) is 6.54 Å². The molecule has 2 heterocycles. The Labute approximate surface area is 80.9 Å². The SMILES string of the molecule is Nc1cc(NCc2ccon2)ccn1. The molecular formula is C9H10N4O. The zero-order valence-corrected chi connectivity index (χ0v) is 7.47. The third-order valence-corrected chi connectivity index (χ3v) is 1.75. The highest BCUT2D eigenvalue weighted by Gasteiger charge is 1.96. The van der Waals surface area contributed by atoms with Gasteiger partial charge in [-0.05, 0) is 6.07 Å².